The van der Waals surface area contributed by atoms with Gasteiger partial charge in [-0.05, 0) is 105 Å². The number of aryl methyl sites for hydroxylation is 2. The molecule has 0 aliphatic carbocycles. The summed E-state index contributed by atoms with van der Waals surface area (Å²) in [6.45, 7) is 4.41. The molecule has 346 valence electrons. The second kappa shape index (κ2) is 16.3. The van der Waals surface area contributed by atoms with E-state index in [2.05, 4.69) is 10.2 Å². The molecular weight excluding hydrogens is 889 g/mol. The number of rotatable bonds is 9. The molecule has 1 atom stereocenters. The number of halogens is 4. The number of nitrogens with two attached hydrogens (primary N) is 2. The van der Waals surface area contributed by atoms with Gasteiger partial charge in [0, 0.05) is 84.2 Å². The Morgan fingerprint density at radius 1 is 0.588 bits per heavy atom. The van der Waals surface area contributed by atoms with Gasteiger partial charge in [-0.1, -0.05) is 0 Å². The molecule has 0 radical (unpaired) electrons. The van der Waals surface area contributed by atoms with Crippen LogP contribution in [0.5, 0.6) is 0 Å². The van der Waals surface area contributed by atoms with Gasteiger partial charge in [0.25, 0.3) is 23.6 Å². The van der Waals surface area contributed by atoms with E-state index in [4.69, 9.17) is 11.5 Å². The van der Waals surface area contributed by atoms with Crippen molar-refractivity contribution in [3.8, 4) is 11.4 Å². The number of carbonyl (C=O) groups is 6. The molecule has 20 heteroatoms. The van der Waals surface area contributed by atoms with Crippen LogP contribution in [0.3, 0.4) is 0 Å². The first-order valence-corrected chi connectivity index (χ1v) is 21.8. The molecule has 2 aromatic heterocycles. The molecule has 4 aromatic carbocycles. The van der Waals surface area contributed by atoms with Gasteiger partial charge in [-0.2, -0.15) is 10.2 Å². The second-order valence-electron chi connectivity index (χ2n) is 17.2. The SMILES string of the molecule is Cc1cc(N2CCCC2=O)ccc1N1CCc2c(C(N)=O)nn(-c3cc(F)c(F)c(C4CCN(c5ccc(N6CCc7c(C(N)=O)nn(-c8ccc(F)cc8F)c7C6=O)c(C)c5)C4=O)c3)c2C1=O. The standard InChI is InChI=1S/C48H40F4N10O6/c1-23-18-26(57-14-3-4-38(57)63)6-9-35(23)59-16-12-30-40(44(53)64)55-61(42(30)47(59)67)28-21-32(39(52)34(51)22-28)29-11-15-58(46(29)66)27-7-10-36(24(2)19-27)60-17-13-31-41(45(54)65)56-62(43(31)48(60)68)37-8-5-25(49)20-33(37)50/h5-10,18-22,29H,3-4,11-17H2,1-2H3,(H2,53,64)(H2,54,65). The third kappa shape index (κ3) is 6.96. The summed E-state index contributed by atoms with van der Waals surface area (Å²) in [5.41, 5.74) is 13.7. The van der Waals surface area contributed by atoms with E-state index in [9.17, 15) is 33.2 Å². The molecule has 4 aliphatic rings. The van der Waals surface area contributed by atoms with Crippen molar-refractivity contribution in [1.29, 1.82) is 0 Å². The van der Waals surface area contributed by atoms with Gasteiger partial charge in [0.2, 0.25) is 11.8 Å². The minimum absolute atomic E-state index is 0.00776. The van der Waals surface area contributed by atoms with Crippen LogP contribution in [0.4, 0.5) is 40.3 Å². The van der Waals surface area contributed by atoms with Crippen LogP contribution in [0.1, 0.15) is 95.0 Å². The zero-order valence-electron chi connectivity index (χ0n) is 36.5. The maximum absolute atomic E-state index is 15.9. The van der Waals surface area contributed by atoms with Crippen LogP contribution in [0.25, 0.3) is 11.4 Å². The monoisotopic (exact) mass is 928 g/mol. The summed E-state index contributed by atoms with van der Waals surface area (Å²) in [5.74, 6) is -9.30. The van der Waals surface area contributed by atoms with Gasteiger partial charge in [-0.3, -0.25) is 28.8 Å². The van der Waals surface area contributed by atoms with Gasteiger partial charge in [-0.25, -0.2) is 26.9 Å². The maximum Gasteiger partial charge on any atom is 0.277 e. The molecule has 4 aliphatic heterocycles. The van der Waals surface area contributed by atoms with Gasteiger partial charge < -0.3 is 31.1 Å². The van der Waals surface area contributed by atoms with E-state index in [1.807, 2.05) is 6.07 Å². The molecule has 2 fully saturated rings. The number of aromatic nitrogens is 4. The molecule has 10 rings (SSSR count). The Morgan fingerprint density at radius 3 is 1.69 bits per heavy atom. The Kier molecular flexibility index (Phi) is 10.5. The van der Waals surface area contributed by atoms with Crippen molar-refractivity contribution < 1.29 is 46.3 Å². The average molecular weight is 929 g/mol. The van der Waals surface area contributed by atoms with E-state index in [1.54, 1.807) is 49.1 Å². The molecule has 1 unspecified atom stereocenters. The van der Waals surface area contributed by atoms with Crippen molar-refractivity contribution in [3.05, 3.63) is 141 Å². The van der Waals surface area contributed by atoms with E-state index in [0.717, 1.165) is 34.0 Å². The number of benzene rings is 4. The number of amides is 6. The maximum atomic E-state index is 15.9. The predicted octanol–water partition coefficient (Wildman–Crippen LogP) is 5.48. The zero-order valence-corrected chi connectivity index (χ0v) is 36.5. The normalized spacial score (nSPS) is 17.1. The molecule has 16 nitrogen and oxygen atoms in total. The van der Waals surface area contributed by atoms with Gasteiger partial charge in [0.05, 0.1) is 11.6 Å². The summed E-state index contributed by atoms with van der Waals surface area (Å²) < 4.78 is 62.5. The number of carbonyl (C=O) groups excluding carboxylic acids is 6. The summed E-state index contributed by atoms with van der Waals surface area (Å²) in [7, 11) is 0. The first kappa shape index (κ1) is 43.7. The molecule has 6 aromatic rings. The van der Waals surface area contributed by atoms with Crippen LogP contribution >= 0.6 is 0 Å². The average Bonchev–Trinajstić information content (AvgIpc) is 4.10. The molecule has 0 bridgehead atoms. The Morgan fingerprint density at radius 2 is 1.15 bits per heavy atom. The predicted molar refractivity (Wildman–Crippen MR) is 238 cm³/mol. The van der Waals surface area contributed by atoms with E-state index >= 15 is 13.2 Å². The highest BCUT2D eigenvalue weighted by Gasteiger charge is 2.40. The van der Waals surface area contributed by atoms with Crippen molar-refractivity contribution in [1.82, 2.24) is 19.6 Å². The fourth-order valence-electron chi connectivity index (χ4n) is 9.93. The third-order valence-electron chi connectivity index (χ3n) is 13.1. The Bertz CT molecular complexity index is 3240. The molecule has 6 heterocycles. The van der Waals surface area contributed by atoms with Crippen molar-refractivity contribution in [2.45, 2.75) is 51.9 Å². The lowest BCUT2D eigenvalue weighted by molar-refractivity contribution is -0.118. The summed E-state index contributed by atoms with van der Waals surface area (Å²) >= 11 is 0. The second-order valence-corrected chi connectivity index (χ2v) is 17.2. The number of fused-ring (bicyclic) bond motifs is 2. The molecule has 0 saturated carbocycles. The lowest BCUT2D eigenvalue weighted by Crippen LogP contribution is -2.39. The quantitative estimate of drug-likeness (QED) is 0.177. The highest BCUT2D eigenvalue weighted by Crippen LogP contribution is 2.39. The molecule has 6 amide bonds. The molecule has 4 N–H and O–H groups in total. The van der Waals surface area contributed by atoms with E-state index < -0.39 is 58.7 Å². The van der Waals surface area contributed by atoms with Crippen molar-refractivity contribution in [2.24, 2.45) is 11.5 Å². The number of hydrogen-bond donors (Lipinski definition) is 2. The van der Waals surface area contributed by atoms with E-state index in [1.165, 1.54) is 20.8 Å². The van der Waals surface area contributed by atoms with Gasteiger partial charge in [0.1, 0.15) is 22.9 Å². The zero-order chi connectivity index (χ0) is 48.0. The number of primary amides is 2. The lowest BCUT2D eigenvalue weighted by atomic mass is 9.96. The largest absolute Gasteiger partial charge is 0.364 e. The molecule has 0 spiro atoms. The fourth-order valence-corrected chi connectivity index (χ4v) is 9.93. The Hall–Kier alpha value is -8.16. The minimum Gasteiger partial charge on any atom is -0.364 e. The highest BCUT2D eigenvalue weighted by molar-refractivity contribution is 6.11. The van der Waals surface area contributed by atoms with Crippen LogP contribution in [-0.2, 0) is 22.4 Å². The summed E-state index contributed by atoms with van der Waals surface area (Å²) in [6.07, 6.45) is 1.52. The van der Waals surface area contributed by atoms with Crippen LogP contribution in [-0.4, -0.2) is 81.2 Å². The van der Waals surface area contributed by atoms with Crippen molar-refractivity contribution >= 4 is 58.2 Å². The van der Waals surface area contributed by atoms with Crippen LogP contribution in [0.15, 0.2) is 66.7 Å². The first-order valence-electron chi connectivity index (χ1n) is 21.8. The Labute approximate surface area is 384 Å². The summed E-state index contributed by atoms with van der Waals surface area (Å²) in [6, 6.07) is 14.9. The highest BCUT2D eigenvalue weighted by atomic mass is 19.2. The molecule has 68 heavy (non-hydrogen) atoms. The van der Waals surface area contributed by atoms with Crippen LogP contribution in [0.2, 0.25) is 0 Å². The Balaban J connectivity index is 0.932. The number of hydrogen-bond acceptors (Lipinski definition) is 8. The molecular formula is C48H40F4N10O6. The number of anilines is 4. The van der Waals surface area contributed by atoms with E-state index in [0.29, 0.717) is 52.9 Å². The first-order chi connectivity index (χ1) is 32.5. The van der Waals surface area contributed by atoms with Gasteiger partial charge in [-0.15, -0.1) is 0 Å². The summed E-state index contributed by atoms with van der Waals surface area (Å²) in [5, 5.41) is 8.49. The minimum atomic E-state index is -1.32. The van der Waals surface area contributed by atoms with Crippen molar-refractivity contribution in [2.75, 3.05) is 45.8 Å². The third-order valence-corrected chi connectivity index (χ3v) is 13.1. The molecule has 2 saturated heterocycles. The smallest absolute Gasteiger partial charge is 0.277 e. The van der Waals surface area contributed by atoms with Gasteiger partial charge in [0.15, 0.2) is 28.8 Å². The van der Waals surface area contributed by atoms with Gasteiger partial charge >= 0.3 is 0 Å². The lowest BCUT2D eigenvalue weighted by Gasteiger charge is -2.30. The van der Waals surface area contributed by atoms with Crippen LogP contribution < -0.4 is 31.1 Å². The van der Waals surface area contributed by atoms with E-state index in [-0.39, 0.29) is 95.6 Å². The topological polar surface area (TPSA) is 203 Å². The fraction of sp³-hybridized carbons (Fsp3) is 0.250. The number of nitrogens with zero attached hydrogens (tertiary/aromatic N) is 8. The van der Waals surface area contributed by atoms with Crippen LogP contribution in [0, 0.1) is 37.1 Å². The van der Waals surface area contributed by atoms with Crippen molar-refractivity contribution in [3.63, 3.8) is 0 Å². The summed E-state index contributed by atoms with van der Waals surface area (Å²) in [4.78, 5) is 86.3.